The van der Waals surface area contributed by atoms with Gasteiger partial charge in [-0.3, -0.25) is 14.4 Å². The van der Waals surface area contributed by atoms with Gasteiger partial charge in [-0.05, 0) is 31.7 Å². The maximum atomic E-state index is 12.1. The monoisotopic (exact) mass is 348 g/mol. The molecule has 0 aromatic carbocycles. The molecule has 2 aliphatic rings. The molecule has 25 heavy (non-hydrogen) atoms. The third-order valence-corrected chi connectivity index (χ3v) is 5.58. The first-order valence-corrected chi connectivity index (χ1v) is 9.81. The van der Waals surface area contributed by atoms with Gasteiger partial charge >= 0.3 is 0 Å². The van der Waals surface area contributed by atoms with Crippen molar-refractivity contribution in [2.75, 3.05) is 13.7 Å². The van der Waals surface area contributed by atoms with E-state index in [1.165, 1.54) is 44.3 Å². The van der Waals surface area contributed by atoms with E-state index in [0.29, 0.717) is 13.0 Å². The first-order chi connectivity index (χ1) is 12.2. The fourth-order valence-corrected chi connectivity index (χ4v) is 4.14. The zero-order chi connectivity index (χ0) is 17.6. The molecule has 0 bridgehead atoms. The van der Waals surface area contributed by atoms with E-state index < -0.39 is 0 Å². The third-order valence-electron chi connectivity index (χ3n) is 5.58. The molecule has 0 spiro atoms. The summed E-state index contributed by atoms with van der Waals surface area (Å²) in [5.74, 6) is -0.0583. The molecule has 0 unspecified atom stereocenters. The van der Waals surface area contributed by atoms with Crippen molar-refractivity contribution in [2.45, 2.75) is 83.6 Å². The molecule has 1 aliphatic heterocycles. The molecule has 6 heteroatoms. The smallest absolute Gasteiger partial charge is 0.249 e. The van der Waals surface area contributed by atoms with Crippen molar-refractivity contribution in [2.24, 2.45) is 0 Å². The summed E-state index contributed by atoms with van der Waals surface area (Å²) in [7, 11) is 1.58. The van der Waals surface area contributed by atoms with Crippen molar-refractivity contribution in [3.05, 3.63) is 17.5 Å². The molecular formula is C19H32N4O2. The minimum absolute atomic E-state index is 0.0583. The van der Waals surface area contributed by atoms with Crippen LogP contribution in [0.4, 0.5) is 0 Å². The number of nitrogens with zero attached hydrogens (tertiary/aromatic N) is 3. The van der Waals surface area contributed by atoms with Crippen LogP contribution in [0.15, 0.2) is 6.07 Å². The van der Waals surface area contributed by atoms with Crippen LogP contribution in [0.3, 0.4) is 0 Å². The molecule has 1 fully saturated rings. The van der Waals surface area contributed by atoms with Gasteiger partial charge in [-0.15, -0.1) is 0 Å². The molecule has 2 heterocycles. The molecule has 0 radical (unpaired) electrons. The van der Waals surface area contributed by atoms with Crippen molar-refractivity contribution in [1.29, 1.82) is 0 Å². The van der Waals surface area contributed by atoms with Gasteiger partial charge in [0.2, 0.25) is 5.91 Å². The number of aromatic nitrogens is 2. The van der Waals surface area contributed by atoms with Crippen molar-refractivity contribution < 1.29 is 9.53 Å². The fraction of sp³-hybridized carbons (Fsp3) is 0.789. The summed E-state index contributed by atoms with van der Waals surface area (Å²) in [6.07, 6.45) is 8.27. The van der Waals surface area contributed by atoms with Crippen LogP contribution in [0.5, 0.6) is 0 Å². The van der Waals surface area contributed by atoms with E-state index in [-0.39, 0.29) is 12.0 Å². The third kappa shape index (κ3) is 4.61. The largest absolute Gasteiger partial charge is 0.372 e. The van der Waals surface area contributed by atoms with Gasteiger partial charge in [-0.25, -0.2) is 0 Å². The highest BCUT2D eigenvalue weighted by Crippen LogP contribution is 2.25. The van der Waals surface area contributed by atoms with Crippen LogP contribution in [-0.2, 0) is 29.2 Å². The van der Waals surface area contributed by atoms with E-state index in [4.69, 9.17) is 9.84 Å². The number of methoxy groups -OCH3 is 1. The van der Waals surface area contributed by atoms with Gasteiger partial charge in [0.05, 0.1) is 17.9 Å². The van der Waals surface area contributed by atoms with Crippen molar-refractivity contribution in [3.63, 3.8) is 0 Å². The predicted octanol–water partition coefficient (Wildman–Crippen LogP) is 2.46. The maximum absolute atomic E-state index is 12.1. The summed E-state index contributed by atoms with van der Waals surface area (Å²) in [5.41, 5.74) is 2.23. The number of hydrogen-bond acceptors (Lipinski definition) is 4. The lowest BCUT2D eigenvalue weighted by molar-refractivity contribution is -0.131. The summed E-state index contributed by atoms with van der Waals surface area (Å²) in [5, 5.41) is 7.65. The number of rotatable bonds is 6. The summed E-state index contributed by atoms with van der Waals surface area (Å²) in [4.78, 5) is 14.7. The molecule has 1 saturated carbocycles. The minimum Gasteiger partial charge on any atom is -0.372 e. The number of fused-ring (bicyclic) bond motifs is 1. The van der Waals surface area contributed by atoms with Gasteiger partial charge in [0.15, 0.2) is 0 Å². The van der Waals surface area contributed by atoms with E-state index in [2.05, 4.69) is 21.0 Å². The van der Waals surface area contributed by atoms with Crippen molar-refractivity contribution >= 4 is 5.91 Å². The number of ether oxygens (including phenoxy) is 1. The normalized spacial score (nSPS) is 20.7. The zero-order valence-corrected chi connectivity index (χ0v) is 15.7. The molecule has 0 saturated heterocycles. The Kier molecular flexibility index (Phi) is 6.48. The van der Waals surface area contributed by atoms with E-state index >= 15 is 0 Å². The second-order valence-corrected chi connectivity index (χ2v) is 7.32. The first-order valence-electron chi connectivity index (χ1n) is 9.81. The first kappa shape index (κ1) is 18.4. The SMILES string of the molecule is CC[C@H](OC)C(=O)NCc1cc2n(n1)CCCN(C1CCCCC1)C2. The van der Waals surface area contributed by atoms with Crippen molar-refractivity contribution in [3.8, 4) is 0 Å². The second kappa shape index (κ2) is 8.81. The predicted molar refractivity (Wildman–Crippen MR) is 97.1 cm³/mol. The topological polar surface area (TPSA) is 59.4 Å². The molecule has 6 nitrogen and oxygen atoms in total. The number of amides is 1. The lowest BCUT2D eigenvalue weighted by Gasteiger charge is -2.33. The Labute approximate surface area is 150 Å². The highest BCUT2D eigenvalue weighted by Gasteiger charge is 2.25. The summed E-state index contributed by atoms with van der Waals surface area (Å²) in [6.45, 7) is 5.56. The molecule has 1 atom stereocenters. The van der Waals surface area contributed by atoms with Crippen LogP contribution < -0.4 is 5.32 Å². The Morgan fingerprint density at radius 3 is 2.84 bits per heavy atom. The molecule has 3 rings (SSSR count). The van der Waals surface area contributed by atoms with Crippen LogP contribution in [0.25, 0.3) is 0 Å². The molecular weight excluding hydrogens is 316 g/mol. The van der Waals surface area contributed by atoms with E-state index in [1.54, 1.807) is 7.11 Å². The highest BCUT2D eigenvalue weighted by atomic mass is 16.5. The van der Waals surface area contributed by atoms with Gasteiger partial charge in [-0.2, -0.15) is 5.10 Å². The summed E-state index contributed by atoms with van der Waals surface area (Å²) in [6, 6.07) is 2.90. The van der Waals surface area contributed by atoms with Gasteiger partial charge < -0.3 is 10.1 Å². The van der Waals surface area contributed by atoms with Gasteiger partial charge in [0.1, 0.15) is 6.10 Å². The van der Waals surface area contributed by atoms with Crippen LogP contribution in [0, 0.1) is 0 Å². The second-order valence-electron chi connectivity index (χ2n) is 7.32. The minimum atomic E-state index is -0.373. The Balaban J connectivity index is 1.60. The molecule has 1 aromatic rings. The zero-order valence-electron chi connectivity index (χ0n) is 15.7. The molecule has 1 aliphatic carbocycles. The van der Waals surface area contributed by atoms with Gasteiger partial charge in [0, 0.05) is 32.8 Å². The van der Waals surface area contributed by atoms with Crippen LogP contribution in [0.1, 0.15) is 63.3 Å². The molecule has 140 valence electrons. The Bertz CT molecular complexity index is 562. The van der Waals surface area contributed by atoms with Crippen LogP contribution in [0.2, 0.25) is 0 Å². The molecule has 1 N–H and O–H groups in total. The van der Waals surface area contributed by atoms with E-state index in [1.807, 2.05) is 6.92 Å². The number of hydrogen-bond donors (Lipinski definition) is 1. The Morgan fingerprint density at radius 1 is 1.32 bits per heavy atom. The average Bonchev–Trinajstić information content (AvgIpc) is 2.92. The number of aryl methyl sites for hydroxylation is 1. The number of carbonyl (C=O) groups excluding carboxylic acids is 1. The van der Waals surface area contributed by atoms with Gasteiger partial charge in [0.25, 0.3) is 0 Å². The molecule has 1 amide bonds. The number of carbonyl (C=O) groups is 1. The fourth-order valence-electron chi connectivity index (χ4n) is 4.14. The lowest BCUT2D eigenvalue weighted by Crippen LogP contribution is -2.36. The Morgan fingerprint density at radius 2 is 2.12 bits per heavy atom. The highest BCUT2D eigenvalue weighted by molar-refractivity contribution is 5.80. The standard InChI is InChI=1S/C19H32N4O2/c1-3-18(25-2)19(24)20-13-15-12-17-14-22(10-7-11-23(17)21-15)16-8-5-4-6-9-16/h12,16,18H,3-11,13-14H2,1-2H3,(H,20,24)/t18-/m0/s1. The molecule has 1 aromatic heterocycles. The maximum Gasteiger partial charge on any atom is 0.249 e. The van der Waals surface area contributed by atoms with E-state index in [9.17, 15) is 4.79 Å². The number of nitrogens with one attached hydrogen (secondary N) is 1. The van der Waals surface area contributed by atoms with Crippen LogP contribution in [-0.4, -0.2) is 46.4 Å². The summed E-state index contributed by atoms with van der Waals surface area (Å²) < 4.78 is 7.32. The van der Waals surface area contributed by atoms with Crippen molar-refractivity contribution in [1.82, 2.24) is 20.0 Å². The summed E-state index contributed by atoms with van der Waals surface area (Å²) >= 11 is 0. The van der Waals surface area contributed by atoms with Gasteiger partial charge in [-0.1, -0.05) is 26.2 Å². The van der Waals surface area contributed by atoms with Crippen LogP contribution >= 0.6 is 0 Å². The Hall–Kier alpha value is -1.40. The average molecular weight is 348 g/mol. The lowest BCUT2D eigenvalue weighted by atomic mass is 9.94. The quantitative estimate of drug-likeness (QED) is 0.858. The van der Waals surface area contributed by atoms with E-state index in [0.717, 1.165) is 31.2 Å².